The molecule has 3 aromatic rings. The summed E-state index contributed by atoms with van der Waals surface area (Å²) < 4.78 is 26.2. The molecule has 2 aromatic carbocycles. The number of amides is 1. The molecule has 31 heavy (non-hydrogen) atoms. The number of hydrogen-bond acceptors (Lipinski definition) is 4. The van der Waals surface area contributed by atoms with Crippen molar-refractivity contribution in [1.29, 1.82) is 0 Å². The van der Waals surface area contributed by atoms with E-state index in [1.165, 1.54) is 12.1 Å². The first kappa shape index (κ1) is 21.2. The Morgan fingerprint density at radius 1 is 1.19 bits per heavy atom. The van der Waals surface area contributed by atoms with Crippen LogP contribution in [0.4, 0.5) is 4.39 Å². The highest BCUT2D eigenvalue weighted by Gasteiger charge is 2.16. The lowest BCUT2D eigenvalue weighted by Crippen LogP contribution is -2.25. The number of para-hydroxylation sites is 1. The summed E-state index contributed by atoms with van der Waals surface area (Å²) in [5.41, 5.74) is 3.26. The Morgan fingerprint density at radius 3 is 2.74 bits per heavy atom. The van der Waals surface area contributed by atoms with Crippen LogP contribution in [0.2, 0.25) is 0 Å². The van der Waals surface area contributed by atoms with Gasteiger partial charge in [0.05, 0.1) is 30.7 Å². The van der Waals surface area contributed by atoms with Crippen LogP contribution in [0.3, 0.4) is 0 Å². The van der Waals surface area contributed by atoms with Gasteiger partial charge in [0.2, 0.25) is 5.91 Å². The normalized spacial score (nSPS) is 15.8. The monoisotopic (exact) mass is 423 g/mol. The van der Waals surface area contributed by atoms with E-state index < -0.39 is 0 Å². The van der Waals surface area contributed by atoms with E-state index in [-0.39, 0.29) is 24.2 Å². The molecule has 1 aliphatic heterocycles. The standard InChI is InChI=1S/C24H26FN3O3/c25-20-10-8-18(9-11-20)24-19(16-28(27-24)21-5-2-1-3-6-21)15-26-23(29)12-14-30-17-22-7-4-13-31-22/h1-3,5-6,8-11,16,22H,4,7,12-15,17H2,(H,26,29). The summed E-state index contributed by atoms with van der Waals surface area (Å²) in [6.07, 6.45) is 4.42. The van der Waals surface area contributed by atoms with Crippen molar-refractivity contribution in [3.05, 3.63) is 72.2 Å². The van der Waals surface area contributed by atoms with Crippen molar-refractivity contribution in [3.63, 3.8) is 0 Å². The fraction of sp³-hybridized carbons (Fsp3) is 0.333. The van der Waals surface area contributed by atoms with E-state index in [1.807, 2.05) is 36.5 Å². The molecule has 1 saturated heterocycles. The van der Waals surface area contributed by atoms with Gasteiger partial charge in [0, 0.05) is 36.9 Å². The lowest BCUT2D eigenvalue weighted by Gasteiger charge is -2.10. The molecule has 1 atom stereocenters. The first-order chi connectivity index (χ1) is 15.2. The van der Waals surface area contributed by atoms with Crippen LogP contribution in [-0.2, 0) is 20.8 Å². The molecule has 0 spiro atoms. The van der Waals surface area contributed by atoms with Gasteiger partial charge >= 0.3 is 0 Å². The first-order valence-electron chi connectivity index (χ1n) is 10.5. The van der Waals surface area contributed by atoms with E-state index in [1.54, 1.807) is 16.8 Å². The Balaban J connectivity index is 1.39. The van der Waals surface area contributed by atoms with Gasteiger partial charge in [0.15, 0.2) is 0 Å². The Kier molecular flexibility index (Phi) is 7.07. The number of ether oxygens (including phenoxy) is 2. The van der Waals surface area contributed by atoms with Crippen molar-refractivity contribution in [2.24, 2.45) is 0 Å². The lowest BCUT2D eigenvalue weighted by molar-refractivity contribution is -0.122. The third-order valence-electron chi connectivity index (χ3n) is 5.21. The number of rotatable bonds is 9. The zero-order valence-corrected chi connectivity index (χ0v) is 17.3. The number of nitrogens with zero attached hydrogens (tertiary/aromatic N) is 2. The maximum Gasteiger partial charge on any atom is 0.222 e. The average Bonchev–Trinajstić information content (AvgIpc) is 3.47. The van der Waals surface area contributed by atoms with Crippen LogP contribution in [0.5, 0.6) is 0 Å². The molecule has 0 bridgehead atoms. The second kappa shape index (κ2) is 10.3. The zero-order chi connectivity index (χ0) is 21.5. The maximum atomic E-state index is 13.4. The van der Waals surface area contributed by atoms with Gasteiger partial charge in [-0.25, -0.2) is 9.07 Å². The zero-order valence-electron chi connectivity index (χ0n) is 17.3. The molecule has 1 aliphatic rings. The van der Waals surface area contributed by atoms with Crippen LogP contribution < -0.4 is 5.32 Å². The van der Waals surface area contributed by atoms with Crippen LogP contribution in [0.1, 0.15) is 24.8 Å². The molecular formula is C24H26FN3O3. The number of carbonyl (C=O) groups is 1. The summed E-state index contributed by atoms with van der Waals surface area (Å²) in [5.74, 6) is -0.394. The summed E-state index contributed by atoms with van der Waals surface area (Å²) in [6, 6.07) is 15.9. The number of halogens is 1. The summed E-state index contributed by atoms with van der Waals surface area (Å²) in [6.45, 7) is 2.01. The topological polar surface area (TPSA) is 65.4 Å². The van der Waals surface area contributed by atoms with Gasteiger partial charge in [-0.05, 0) is 49.2 Å². The van der Waals surface area contributed by atoms with E-state index >= 15 is 0 Å². The van der Waals surface area contributed by atoms with Crippen molar-refractivity contribution in [2.45, 2.75) is 31.9 Å². The number of aromatic nitrogens is 2. The molecule has 4 rings (SSSR count). The lowest BCUT2D eigenvalue weighted by atomic mass is 10.1. The van der Waals surface area contributed by atoms with Crippen molar-refractivity contribution in [2.75, 3.05) is 19.8 Å². The number of benzene rings is 2. The quantitative estimate of drug-likeness (QED) is 0.531. The molecule has 1 N–H and O–H groups in total. The SMILES string of the molecule is O=C(CCOCC1CCCO1)NCc1cn(-c2ccccc2)nc1-c1ccc(F)cc1. The van der Waals surface area contributed by atoms with Crippen LogP contribution in [0.15, 0.2) is 60.8 Å². The van der Waals surface area contributed by atoms with Crippen molar-refractivity contribution < 1.29 is 18.7 Å². The third kappa shape index (κ3) is 5.77. The van der Waals surface area contributed by atoms with Gasteiger partial charge in [-0.2, -0.15) is 5.10 Å². The van der Waals surface area contributed by atoms with Gasteiger partial charge in [-0.1, -0.05) is 18.2 Å². The molecule has 7 heteroatoms. The molecule has 1 fully saturated rings. The van der Waals surface area contributed by atoms with Gasteiger partial charge in [-0.3, -0.25) is 4.79 Å². The number of nitrogens with one attached hydrogen (secondary N) is 1. The second-order valence-electron chi connectivity index (χ2n) is 7.53. The largest absolute Gasteiger partial charge is 0.378 e. The summed E-state index contributed by atoms with van der Waals surface area (Å²) in [7, 11) is 0. The Morgan fingerprint density at radius 2 is 2.00 bits per heavy atom. The minimum atomic E-state index is -0.302. The highest BCUT2D eigenvalue weighted by Crippen LogP contribution is 2.24. The van der Waals surface area contributed by atoms with Crippen LogP contribution in [0.25, 0.3) is 16.9 Å². The molecule has 162 valence electrons. The molecule has 0 saturated carbocycles. The Hall–Kier alpha value is -3.03. The van der Waals surface area contributed by atoms with E-state index in [4.69, 9.17) is 9.47 Å². The van der Waals surface area contributed by atoms with E-state index in [2.05, 4.69) is 10.4 Å². The fourth-order valence-electron chi connectivity index (χ4n) is 3.54. The Labute approximate surface area is 181 Å². The molecule has 0 aliphatic carbocycles. The minimum absolute atomic E-state index is 0.0927. The highest BCUT2D eigenvalue weighted by atomic mass is 19.1. The van der Waals surface area contributed by atoms with Gasteiger partial charge < -0.3 is 14.8 Å². The molecule has 2 heterocycles. The number of carbonyl (C=O) groups excluding carboxylic acids is 1. The molecule has 6 nitrogen and oxygen atoms in total. The minimum Gasteiger partial charge on any atom is -0.378 e. The summed E-state index contributed by atoms with van der Waals surface area (Å²) >= 11 is 0. The van der Waals surface area contributed by atoms with E-state index in [0.29, 0.717) is 25.5 Å². The Bertz CT molecular complexity index is 983. The van der Waals surface area contributed by atoms with Crippen molar-refractivity contribution in [1.82, 2.24) is 15.1 Å². The summed E-state index contributed by atoms with van der Waals surface area (Å²) in [4.78, 5) is 12.3. The van der Waals surface area contributed by atoms with Crippen LogP contribution >= 0.6 is 0 Å². The average molecular weight is 423 g/mol. The van der Waals surface area contributed by atoms with Crippen molar-refractivity contribution in [3.8, 4) is 16.9 Å². The molecule has 1 unspecified atom stereocenters. The van der Waals surface area contributed by atoms with E-state index in [9.17, 15) is 9.18 Å². The van der Waals surface area contributed by atoms with Crippen LogP contribution in [0, 0.1) is 5.82 Å². The first-order valence-corrected chi connectivity index (χ1v) is 10.5. The predicted molar refractivity (Wildman–Crippen MR) is 115 cm³/mol. The second-order valence-corrected chi connectivity index (χ2v) is 7.53. The molecule has 1 amide bonds. The highest BCUT2D eigenvalue weighted by molar-refractivity contribution is 5.76. The number of hydrogen-bond donors (Lipinski definition) is 1. The van der Waals surface area contributed by atoms with E-state index in [0.717, 1.165) is 36.3 Å². The smallest absolute Gasteiger partial charge is 0.222 e. The van der Waals surface area contributed by atoms with Gasteiger partial charge in [-0.15, -0.1) is 0 Å². The molecule has 0 radical (unpaired) electrons. The third-order valence-corrected chi connectivity index (χ3v) is 5.21. The fourth-order valence-corrected chi connectivity index (χ4v) is 3.54. The molecule has 1 aromatic heterocycles. The molecular weight excluding hydrogens is 397 g/mol. The van der Waals surface area contributed by atoms with Gasteiger partial charge in [0.1, 0.15) is 5.82 Å². The summed E-state index contributed by atoms with van der Waals surface area (Å²) in [5, 5.41) is 7.62. The van der Waals surface area contributed by atoms with Gasteiger partial charge in [0.25, 0.3) is 0 Å². The maximum absolute atomic E-state index is 13.4. The predicted octanol–water partition coefficient (Wildman–Crippen LogP) is 3.88. The van der Waals surface area contributed by atoms with Crippen LogP contribution in [-0.4, -0.2) is 41.6 Å². The van der Waals surface area contributed by atoms with Crippen molar-refractivity contribution >= 4 is 5.91 Å².